The van der Waals surface area contributed by atoms with Crippen LogP contribution in [0.1, 0.15) is 15.9 Å². The summed E-state index contributed by atoms with van der Waals surface area (Å²) < 4.78 is 1.73. The first-order valence-corrected chi connectivity index (χ1v) is 9.44. The third-order valence-electron chi connectivity index (χ3n) is 3.94. The molecule has 6 nitrogen and oxygen atoms in total. The minimum Gasteiger partial charge on any atom is -0.478 e. The Hall–Kier alpha value is -2.61. The number of nitrogens with zero attached hydrogens (tertiary/aromatic N) is 3. The van der Waals surface area contributed by atoms with E-state index in [0.717, 1.165) is 21.8 Å². The Balaban J connectivity index is 1.56. The van der Waals surface area contributed by atoms with Gasteiger partial charge in [-0.05, 0) is 29.8 Å². The van der Waals surface area contributed by atoms with Gasteiger partial charge in [0.2, 0.25) is 10.1 Å². The fraction of sp³-hybridized carbons (Fsp3) is 0.0556. The number of benzene rings is 2. The van der Waals surface area contributed by atoms with Crippen molar-refractivity contribution >= 4 is 50.6 Å². The van der Waals surface area contributed by atoms with E-state index in [0.29, 0.717) is 21.7 Å². The average Bonchev–Trinajstić information content (AvgIpc) is 3.23. The first-order valence-electron chi connectivity index (χ1n) is 7.87. The van der Waals surface area contributed by atoms with Crippen molar-refractivity contribution < 1.29 is 9.90 Å². The van der Waals surface area contributed by atoms with Crippen molar-refractivity contribution in [3.05, 3.63) is 69.8 Å². The Morgan fingerprint density at radius 3 is 2.63 bits per heavy atom. The van der Waals surface area contributed by atoms with E-state index in [1.807, 2.05) is 12.1 Å². The Labute approximate surface area is 168 Å². The molecular weight excluding hydrogens is 407 g/mol. The third kappa shape index (κ3) is 3.62. The Morgan fingerprint density at radius 1 is 1.15 bits per heavy atom. The Kier molecular flexibility index (Phi) is 4.73. The highest BCUT2D eigenvalue weighted by Crippen LogP contribution is 2.27. The van der Waals surface area contributed by atoms with Crippen LogP contribution in [-0.4, -0.2) is 25.7 Å². The molecule has 0 aliphatic carbocycles. The number of fused-ring (bicyclic) bond motifs is 1. The van der Waals surface area contributed by atoms with Gasteiger partial charge in [0, 0.05) is 12.1 Å². The summed E-state index contributed by atoms with van der Waals surface area (Å²) in [5.74, 6) is -0.956. The lowest BCUT2D eigenvalue weighted by atomic mass is 10.1. The second-order valence-corrected chi connectivity index (χ2v) is 7.50. The van der Waals surface area contributed by atoms with E-state index in [2.05, 4.69) is 15.4 Å². The standard InChI is InChI=1S/C18H12Cl2N4O2S/c19-13-6-1-10(7-14(13)20)8-21-17-23-24-15(9-22-18(24)27-17)11-2-4-12(5-3-11)16(25)26/h1-7,9H,8H2,(H,21,23)(H,25,26). The second-order valence-electron chi connectivity index (χ2n) is 5.73. The van der Waals surface area contributed by atoms with Gasteiger partial charge in [-0.2, -0.15) is 0 Å². The van der Waals surface area contributed by atoms with Crippen LogP contribution in [0.25, 0.3) is 16.2 Å². The molecule has 0 atom stereocenters. The summed E-state index contributed by atoms with van der Waals surface area (Å²) in [6.45, 7) is 0.552. The van der Waals surface area contributed by atoms with Crippen LogP contribution in [0.2, 0.25) is 10.0 Å². The number of hydrogen-bond acceptors (Lipinski definition) is 5. The molecule has 2 aromatic heterocycles. The zero-order chi connectivity index (χ0) is 19.0. The Morgan fingerprint density at radius 2 is 1.93 bits per heavy atom. The van der Waals surface area contributed by atoms with Crippen LogP contribution in [0.3, 0.4) is 0 Å². The molecule has 4 rings (SSSR count). The molecule has 0 aliphatic heterocycles. The maximum Gasteiger partial charge on any atom is 0.335 e. The van der Waals surface area contributed by atoms with Gasteiger partial charge >= 0.3 is 5.97 Å². The smallest absolute Gasteiger partial charge is 0.335 e. The number of carbonyl (C=O) groups is 1. The quantitative estimate of drug-likeness (QED) is 0.472. The van der Waals surface area contributed by atoms with Crippen LogP contribution in [0.4, 0.5) is 5.13 Å². The number of carboxylic acid groups (broad SMARTS) is 1. The molecule has 0 amide bonds. The summed E-state index contributed by atoms with van der Waals surface area (Å²) in [6.07, 6.45) is 1.72. The normalized spacial score (nSPS) is 11.0. The van der Waals surface area contributed by atoms with Crippen molar-refractivity contribution in [1.82, 2.24) is 14.6 Å². The third-order valence-corrected chi connectivity index (χ3v) is 5.56. The lowest BCUT2D eigenvalue weighted by Gasteiger charge is -2.04. The van der Waals surface area contributed by atoms with E-state index in [1.165, 1.54) is 11.3 Å². The first kappa shape index (κ1) is 17.8. The van der Waals surface area contributed by atoms with Gasteiger partial charge < -0.3 is 10.4 Å². The van der Waals surface area contributed by atoms with E-state index >= 15 is 0 Å². The number of carboxylic acids is 1. The minimum atomic E-state index is -0.956. The number of hydrogen-bond donors (Lipinski definition) is 2. The predicted octanol–water partition coefficient (Wildman–Crippen LogP) is 5.07. The molecule has 27 heavy (non-hydrogen) atoms. The van der Waals surface area contributed by atoms with Gasteiger partial charge in [0.05, 0.1) is 27.5 Å². The number of aromatic carboxylic acids is 1. The molecule has 0 unspecified atom stereocenters. The van der Waals surface area contributed by atoms with Crippen LogP contribution in [0, 0.1) is 0 Å². The molecule has 2 heterocycles. The van der Waals surface area contributed by atoms with Gasteiger partial charge in [-0.3, -0.25) is 0 Å². The van der Waals surface area contributed by atoms with Crippen molar-refractivity contribution in [3.8, 4) is 11.3 Å². The monoisotopic (exact) mass is 418 g/mol. The topological polar surface area (TPSA) is 79.5 Å². The van der Waals surface area contributed by atoms with Crippen LogP contribution in [0.15, 0.2) is 48.7 Å². The molecule has 0 radical (unpaired) electrons. The lowest BCUT2D eigenvalue weighted by molar-refractivity contribution is 0.0697. The largest absolute Gasteiger partial charge is 0.478 e. The predicted molar refractivity (Wildman–Crippen MR) is 107 cm³/mol. The lowest BCUT2D eigenvalue weighted by Crippen LogP contribution is -2.00. The van der Waals surface area contributed by atoms with E-state index in [4.69, 9.17) is 28.3 Å². The highest BCUT2D eigenvalue weighted by Gasteiger charge is 2.12. The van der Waals surface area contributed by atoms with E-state index in [1.54, 1.807) is 41.0 Å². The molecule has 9 heteroatoms. The molecular formula is C18H12Cl2N4O2S. The molecule has 136 valence electrons. The molecule has 0 fully saturated rings. The van der Waals surface area contributed by atoms with Crippen LogP contribution in [-0.2, 0) is 6.54 Å². The van der Waals surface area contributed by atoms with Crippen molar-refractivity contribution in [2.75, 3.05) is 5.32 Å². The molecule has 2 aromatic carbocycles. The molecule has 4 aromatic rings. The highest BCUT2D eigenvalue weighted by molar-refractivity contribution is 7.20. The van der Waals surface area contributed by atoms with Gasteiger partial charge in [-0.1, -0.05) is 52.7 Å². The van der Waals surface area contributed by atoms with Crippen molar-refractivity contribution in [2.24, 2.45) is 0 Å². The minimum absolute atomic E-state index is 0.238. The summed E-state index contributed by atoms with van der Waals surface area (Å²) in [4.78, 5) is 16.1. The fourth-order valence-electron chi connectivity index (χ4n) is 2.57. The van der Waals surface area contributed by atoms with Crippen molar-refractivity contribution in [2.45, 2.75) is 6.54 Å². The van der Waals surface area contributed by atoms with Crippen LogP contribution >= 0.6 is 34.5 Å². The number of imidazole rings is 1. The zero-order valence-electron chi connectivity index (χ0n) is 13.7. The molecule has 0 saturated heterocycles. The van der Waals surface area contributed by atoms with Crippen molar-refractivity contribution in [3.63, 3.8) is 0 Å². The van der Waals surface area contributed by atoms with Crippen LogP contribution < -0.4 is 5.32 Å². The molecule has 0 saturated carbocycles. The van der Waals surface area contributed by atoms with E-state index in [9.17, 15) is 4.79 Å². The summed E-state index contributed by atoms with van der Waals surface area (Å²) in [7, 11) is 0. The number of aromatic nitrogens is 3. The first-order chi connectivity index (χ1) is 13.0. The van der Waals surface area contributed by atoms with E-state index in [-0.39, 0.29) is 5.56 Å². The fourth-order valence-corrected chi connectivity index (χ4v) is 3.66. The SMILES string of the molecule is O=C(O)c1ccc(-c2cnc3sc(NCc4ccc(Cl)c(Cl)c4)nn23)cc1. The molecule has 0 bridgehead atoms. The summed E-state index contributed by atoms with van der Waals surface area (Å²) in [5, 5.41) is 18.6. The molecule has 0 aliphatic rings. The van der Waals surface area contributed by atoms with Gasteiger partial charge in [0.25, 0.3) is 0 Å². The zero-order valence-corrected chi connectivity index (χ0v) is 16.0. The number of halogens is 2. The maximum atomic E-state index is 11.0. The summed E-state index contributed by atoms with van der Waals surface area (Å²) in [5.41, 5.74) is 2.86. The van der Waals surface area contributed by atoms with E-state index < -0.39 is 5.97 Å². The van der Waals surface area contributed by atoms with Gasteiger partial charge in [-0.25, -0.2) is 14.3 Å². The highest BCUT2D eigenvalue weighted by atomic mass is 35.5. The maximum absolute atomic E-state index is 11.0. The summed E-state index contributed by atoms with van der Waals surface area (Å²) in [6, 6.07) is 12.1. The van der Waals surface area contributed by atoms with Gasteiger partial charge in [0.1, 0.15) is 0 Å². The Bertz CT molecular complexity index is 1140. The summed E-state index contributed by atoms with van der Waals surface area (Å²) >= 11 is 13.4. The second kappa shape index (κ2) is 7.19. The number of nitrogens with one attached hydrogen (secondary N) is 1. The van der Waals surface area contributed by atoms with Gasteiger partial charge in [0.15, 0.2) is 0 Å². The molecule has 2 N–H and O–H groups in total. The van der Waals surface area contributed by atoms with Crippen LogP contribution in [0.5, 0.6) is 0 Å². The van der Waals surface area contributed by atoms with Gasteiger partial charge in [-0.15, -0.1) is 5.10 Å². The molecule has 0 spiro atoms. The average molecular weight is 419 g/mol. The van der Waals surface area contributed by atoms with Crippen molar-refractivity contribution in [1.29, 1.82) is 0 Å². The number of anilines is 1. The number of rotatable bonds is 5.